The molecule has 0 bridgehead atoms. The minimum Gasteiger partial charge on any atom is -0.462 e. The maximum atomic E-state index is 12.7. The minimum atomic E-state index is -0.581. The summed E-state index contributed by atoms with van der Waals surface area (Å²) in [4.78, 5) is 46.9. The molecule has 8 nitrogen and oxygen atoms in total. The number of aromatic nitrogens is 1. The van der Waals surface area contributed by atoms with Crippen molar-refractivity contribution >= 4 is 56.9 Å². The van der Waals surface area contributed by atoms with Gasteiger partial charge in [0, 0.05) is 30.2 Å². The number of thioether (sulfide) groups is 1. The predicted octanol–water partition coefficient (Wildman–Crippen LogP) is 3.47. The van der Waals surface area contributed by atoms with Crippen molar-refractivity contribution in [2.24, 2.45) is 4.99 Å². The number of rotatable bonds is 8. The molecular formula is C20H20N4O4S2. The molecule has 156 valence electrons. The molecule has 0 spiro atoms. The highest BCUT2D eigenvalue weighted by Gasteiger charge is 2.38. The van der Waals surface area contributed by atoms with Gasteiger partial charge in [-0.3, -0.25) is 14.5 Å². The fourth-order valence-corrected chi connectivity index (χ4v) is 4.37. The third kappa shape index (κ3) is 5.33. The van der Waals surface area contributed by atoms with Gasteiger partial charge in [0.1, 0.15) is 5.25 Å². The molecule has 2 heterocycles. The monoisotopic (exact) mass is 444 g/mol. The van der Waals surface area contributed by atoms with Crippen LogP contribution in [0.1, 0.15) is 23.7 Å². The summed E-state index contributed by atoms with van der Waals surface area (Å²) in [5.74, 6) is -0.917. The number of hydrogen-bond acceptors (Lipinski definition) is 8. The number of benzene rings is 1. The molecule has 0 radical (unpaired) electrons. The molecule has 2 amide bonds. The van der Waals surface area contributed by atoms with Crippen molar-refractivity contribution < 1.29 is 19.1 Å². The van der Waals surface area contributed by atoms with E-state index in [-0.39, 0.29) is 18.2 Å². The molecule has 1 aliphatic heterocycles. The summed E-state index contributed by atoms with van der Waals surface area (Å²) < 4.78 is 4.93. The van der Waals surface area contributed by atoms with Crippen molar-refractivity contribution in [3.63, 3.8) is 0 Å². The smallest absolute Gasteiger partial charge is 0.338 e. The molecule has 30 heavy (non-hydrogen) atoms. The fourth-order valence-electron chi connectivity index (χ4n) is 2.66. The highest BCUT2D eigenvalue weighted by molar-refractivity contribution is 8.15. The van der Waals surface area contributed by atoms with E-state index in [2.05, 4.69) is 21.9 Å². The Balaban J connectivity index is 1.64. The average molecular weight is 445 g/mol. The molecule has 2 aromatic rings. The highest BCUT2D eigenvalue weighted by atomic mass is 32.2. The first-order chi connectivity index (χ1) is 14.5. The Bertz CT molecular complexity index is 958. The minimum absolute atomic E-state index is 0.00629. The SMILES string of the molecule is C=CCN1C(=O)C(CC(=O)Nc2ccc(C(=O)OCC)cc2)S/C1=N\c1nccs1. The lowest BCUT2D eigenvalue weighted by molar-refractivity contribution is -0.127. The van der Waals surface area contributed by atoms with Gasteiger partial charge in [-0.15, -0.1) is 17.9 Å². The number of aliphatic imine (C=N–C) groups is 1. The second-order valence-electron chi connectivity index (χ2n) is 6.10. The summed E-state index contributed by atoms with van der Waals surface area (Å²) in [6, 6.07) is 6.39. The first kappa shape index (κ1) is 21.7. The van der Waals surface area contributed by atoms with Crippen LogP contribution in [-0.4, -0.2) is 51.2 Å². The van der Waals surface area contributed by atoms with Gasteiger partial charge in [-0.1, -0.05) is 17.8 Å². The molecule has 3 rings (SSSR count). The van der Waals surface area contributed by atoms with Gasteiger partial charge in [0.15, 0.2) is 5.17 Å². The Hall–Kier alpha value is -2.98. The third-order valence-electron chi connectivity index (χ3n) is 3.99. The second kappa shape index (κ2) is 10.2. The molecule has 1 aliphatic rings. The van der Waals surface area contributed by atoms with Crippen LogP contribution >= 0.6 is 23.1 Å². The normalized spacial score (nSPS) is 17.2. The standard InChI is InChI=1S/C20H20N4O4S2/c1-3-10-24-17(26)15(30-20(24)23-19-21-9-11-29-19)12-16(25)22-14-7-5-13(6-8-14)18(27)28-4-2/h3,5-9,11,15H,1,4,10,12H2,2H3,(H,22,25)/b23-20-. The maximum Gasteiger partial charge on any atom is 0.338 e. The lowest BCUT2D eigenvalue weighted by atomic mass is 10.2. The number of ether oxygens (including phenoxy) is 1. The second-order valence-corrected chi connectivity index (χ2v) is 8.15. The predicted molar refractivity (Wildman–Crippen MR) is 118 cm³/mol. The number of carbonyl (C=O) groups excluding carboxylic acids is 3. The van der Waals surface area contributed by atoms with E-state index >= 15 is 0 Å². The maximum absolute atomic E-state index is 12.7. The van der Waals surface area contributed by atoms with Crippen LogP contribution in [0.25, 0.3) is 0 Å². The summed E-state index contributed by atoms with van der Waals surface area (Å²) in [6.07, 6.45) is 3.25. The van der Waals surface area contributed by atoms with Crippen LogP contribution in [0, 0.1) is 0 Å². The summed E-state index contributed by atoms with van der Waals surface area (Å²) in [5.41, 5.74) is 0.933. The highest BCUT2D eigenvalue weighted by Crippen LogP contribution is 2.32. The first-order valence-electron chi connectivity index (χ1n) is 9.16. The van der Waals surface area contributed by atoms with Gasteiger partial charge < -0.3 is 10.1 Å². The lowest BCUT2D eigenvalue weighted by Gasteiger charge is -2.13. The van der Waals surface area contributed by atoms with Gasteiger partial charge in [0.25, 0.3) is 0 Å². The van der Waals surface area contributed by atoms with Crippen molar-refractivity contribution in [1.29, 1.82) is 0 Å². The van der Waals surface area contributed by atoms with Crippen LogP contribution < -0.4 is 5.32 Å². The van der Waals surface area contributed by atoms with Crippen LogP contribution in [0.5, 0.6) is 0 Å². The Labute approximate surface area is 182 Å². The van der Waals surface area contributed by atoms with E-state index in [0.29, 0.717) is 34.7 Å². The Morgan fingerprint density at radius 3 is 2.77 bits per heavy atom. The molecule has 0 aliphatic carbocycles. The van der Waals surface area contributed by atoms with E-state index in [1.54, 1.807) is 48.8 Å². The topological polar surface area (TPSA) is 101 Å². The number of nitrogens with one attached hydrogen (secondary N) is 1. The Morgan fingerprint density at radius 1 is 1.37 bits per heavy atom. The number of anilines is 1. The number of nitrogens with zero attached hydrogens (tertiary/aromatic N) is 3. The van der Waals surface area contributed by atoms with E-state index < -0.39 is 11.2 Å². The largest absolute Gasteiger partial charge is 0.462 e. The van der Waals surface area contributed by atoms with Gasteiger partial charge in [-0.2, -0.15) is 4.99 Å². The van der Waals surface area contributed by atoms with Crippen molar-refractivity contribution in [3.05, 3.63) is 54.1 Å². The van der Waals surface area contributed by atoms with Crippen molar-refractivity contribution in [2.45, 2.75) is 18.6 Å². The molecule has 1 aromatic heterocycles. The van der Waals surface area contributed by atoms with Crippen molar-refractivity contribution in [2.75, 3.05) is 18.5 Å². The molecular weight excluding hydrogens is 424 g/mol. The lowest BCUT2D eigenvalue weighted by Crippen LogP contribution is -2.33. The molecule has 1 saturated heterocycles. The van der Waals surface area contributed by atoms with Crippen molar-refractivity contribution in [1.82, 2.24) is 9.88 Å². The molecule has 0 saturated carbocycles. The molecule has 1 aromatic carbocycles. The quantitative estimate of drug-likeness (QED) is 0.494. The fraction of sp³-hybridized carbons (Fsp3) is 0.250. The van der Waals surface area contributed by atoms with Gasteiger partial charge in [0.05, 0.1) is 12.2 Å². The average Bonchev–Trinajstić information content (AvgIpc) is 3.33. The zero-order chi connectivity index (χ0) is 21.5. The first-order valence-corrected chi connectivity index (χ1v) is 10.9. The van der Waals surface area contributed by atoms with E-state index in [0.717, 1.165) is 0 Å². The van der Waals surface area contributed by atoms with Crippen LogP contribution in [0.4, 0.5) is 10.8 Å². The Kier molecular flexibility index (Phi) is 7.36. The number of amidine groups is 1. The van der Waals surface area contributed by atoms with Gasteiger partial charge in [0.2, 0.25) is 16.9 Å². The number of esters is 1. The number of hydrogen-bond donors (Lipinski definition) is 1. The Morgan fingerprint density at radius 2 is 2.13 bits per heavy atom. The number of carbonyl (C=O) groups is 3. The molecule has 1 fully saturated rings. The molecule has 1 atom stereocenters. The van der Waals surface area contributed by atoms with E-state index in [4.69, 9.17) is 4.74 Å². The van der Waals surface area contributed by atoms with Crippen LogP contribution in [0.3, 0.4) is 0 Å². The van der Waals surface area contributed by atoms with Gasteiger partial charge >= 0.3 is 5.97 Å². The zero-order valence-corrected chi connectivity index (χ0v) is 17.9. The van der Waals surface area contributed by atoms with Crippen LogP contribution in [0.2, 0.25) is 0 Å². The molecule has 1 unspecified atom stereocenters. The van der Waals surface area contributed by atoms with E-state index in [9.17, 15) is 14.4 Å². The summed E-state index contributed by atoms with van der Waals surface area (Å²) in [7, 11) is 0. The third-order valence-corrected chi connectivity index (χ3v) is 5.83. The summed E-state index contributed by atoms with van der Waals surface area (Å²) in [5, 5.41) is 5.02. The summed E-state index contributed by atoms with van der Waals surface area (Å²) >= 11 is 2.61. The van der Waals surface area contributed by atoms with E-state index in [1.807, 2.05) is 0 Å². The summed E-state index contributed by atoms with van der Waals surface area (Å²) in [6.45, 7) is 6.02. The van der Waals surface area contributed by atoms with E-state index in [1.165, 1.54) is 28.0 Å². The molecule has 1 N–H and O–H groups in total. The zero-order valence-electron chi connectivity index (χ0n) is 16.2. The van der Waals surface area contributed by atoms with Gasteiger partial charge in [-0.25, -0.2) is 9.78 Å². The van der Waals surface area contributed by atoms with Crippen LogP contribution in [0.15, 0.2) is 53.5 Å². The van der Waals surface area contributed by atoms with Crippen LogP contribution in [-0.2, 0) is 14.3 Å². The number of amides is 2. The number of thiazole rings is 1. The molecule has 10 heteroatoms. The van der Waals surface area contributed by atoms with Gasteiger partial charge in [-0.05, 0) is 31.2 Å². The van der Waals surface area contributed by atoms with Crippen molar-refractivity contribution in [3.8, 4) is 0 Å².